The van der Waals surface area contributed by atoms with E-state index >= 15 is 0 Å². The summed E-state index contributed by atoms with van der Waals surface area (Å²) in [6, 6.07) is 32.2. The fourth-order valence-corrected chi connectivity index (χ4v) is 6.56. The Hall–Kier alpha value is -3.90. The molecule has 0 heterocycles. The first-order valence-electron chi connectivity index (χ1n) is 10.6. The standard InChI is InChI=1S/C30H14/c1-3-15-7-9-17-11-13-19-20-14-12-18-10-8-16-4-2-6-22-24(16)26(18)29(20)30-27(22)21(5-1)23(15)25(17)28(19)30/h1-14H. The summed E-state index contributed by atoms with van der Waals surface area (Å²) < 4.78 is 0. The first-order chi connectivity index (χ1) is 14.9. The molecule has 0 bridgehead atoms. The van der Waals surface area contributed by atoms with E-state index in [4.69, 9.17) is 0 Å². The molecule has 0 heteroatoms. The minimum absolute atomic E-state index is 1.34. The van der Waals surface area contributed by atoms with Gasteiger partial charge in [0.1, 0.15) is 0 Å². The van der Waals surface area contributed by atoms with Crippen LogP contribution in [0.25, 0.3) is 86.5 Å². The summed E-state index contributed by atoms with van der Waals surface area (Å²) in [5.41, 5.74) is 2.80. The molecule has 134 valence electrons. The third-order valence-electron chi connectivity index (χ3n) is 7.63. The summed E-state index contributed by atoms with van der Waals surface area (Å²) in [4.78, 5) is 0. The topological polar surface area (TPSA) is 0 Å². The van der Waals surface area contributed by atoms with E-state index in [1.165, 1.54) is 86.5 Å². The molecule has 1 aliphatic carbocycles. The van der Waals surface area contributed by atoms with Crippen LogP contribution in [-0.4, -0.2) is 0 Å². The van der Waals surface area contributed by atoms with Crippen LogP contribution >= 0.6 is 0 Å². The van der Waals surface area contributed by atoms with Gasteiger partial charge in [0, 0.05) is 0 Å². The lowest BCUT2D eigenvalue weighted by atomic mass is 9.85. The SMILES string of the molecule is c1cc2ccc3ccc4c5c3c2c(c1)c1c2cccc3ccc6ccc-4c(c6c32)c51. The largest absolute Gasteiger partial charge is 0.0610 e. The fourth-order valence-electron chi connectivity index (χ4n) is 6.56. The molecule has 0 aliphatic heterocycles. The van der Waals surface area contributed by atoms with Crippen LogP contribution in [-0.2, 0) is 0 Å². The molecule has 8 aromatic carbocycles. The highest BCUT2D eigenvalue weighted by Crippen LogP contribution is 2.56. The zero-order chi connectivity index (χ0) is 19.1. The van der Waals surface area contributed by atoms with Crippen LogP contribution in [0.15, 0.2) is 84.9 Å². The average molecular weight is 374 g/mol. The summed E-state index contributed by atoms with van der Waals surface area (Å²) in [6.45, 7) is 0. The molecular weight excluding hydrogens is 360 g/mol. The summed E-state index contributed by atoms with van der Waals surface area (Å²) >= 11 is 0. The van der Waals surface area contributed by atoms with Gasteiger partial charge in [0.25, 0.3) is 0 Å². The van der Waals surface area contributed by atoms with Crippen molar-refractivity contribution in [3.05, 3.63) is 84.9 Å². The molecule has 0 saturated heterocycles. The normalized spacial score (nSPS) is 13.3. The summed E-state index contributed by atoms with van der Waals surface area (Å²) in [5.74, 6) is 0. The molecule has 9 rings (SSSR count). The van der Waals surface area contributed by atoms with Gasteiger partial charge in [-0.05, 0) is 86.5 Å². The van der Waals surface area contributed by atoms with Crippen LogP contribution < -0.4 is 0 Å². The zero-order valence-corrected chi connectivity index (χ0v) is 16.1. The zero-order valence-electron chi connectivity index (χ0n) is 16.1. The van der Waals surface area contributed by atoms with Crippen LogP contribution in [0.1, 0.15) is 0 Å². The molecule has 0 amide bonds. The molecular formula is C30H14. The van der Waals surface area contributed by atoms with Crippen molar-refractivity contribution >= 4 is 75.4 Å². The van der Waals surface area contributed by atoms with Gasteiger partial charge in [0.05, 0.1) is 0 Å². The van der Waals surface area contributed by atoms with Crippen LogP contribution in [0.2, 0.25) is 0 Å². The lowest BCUT2D eigenvalue weighted by Crippen LogP contribution is -1.89. The Kier molecular flexibility index (Phi) is 2.04. The van der Waals surface area contributed by atoms with Crippen LogP contribution in [0.3, 0.4) is 0 Å². The molecule has 0 saturated carbocycles. The quantitative estimate of drug-likeness (QED) is 0.184. The molecule has 0 nitrogen and oxygen atoms in total. The van der Waals surface area contributed by atoms with Gasteiger partial charge >= 0.3 is 0 Å². The minimum Gasteiger partial charge on any atom is -0.0610 e. The van der Waals surface area contributed by atoms with Crippen molar-refractivity contribution in [3.8, 4) is 11.1 Å². The minimum atomic E-state index is 1.34. The highest BCUT2D eigenvalue weighted by molar-refractivity contribution is 6.50. The van der Waals surface area contributed by atoms with Crippen LogP contribution in [0.5, 0.6) is 0 Å². The molecule has 0 N–H and O–H groups in total. The molecule has 0 unspecified atom stereocenters. The monoisotopic (exact) mass is 374 g/mol. The fraction of sp³-hybridized carbons (Fsp3) is 0. The van der Waals surface area contributed by atoms with Gasteiger partial charge in [-0.2, -0.15) is 0 Å². The number of benzene rings is 8. The van der Waals surface area contributed by atoms with Crippen molar-refractivity contribution in [2.75, 3.05) is 0 Å². The van der Waals surface area contributed by atoms with E-state index < -0.39 is 0 Å². The number of hydrogen-bond donors (Lipinski definition) is 0. The Morgan fingerprint density at radius 1 is 0.267 bits per heavy atom. The number of hydrogen-bond acceptors (Lipinski definition) is 0. The summed E-state index contributed by atoms with van der Waals surface area (Å²) in [6.07, 6.45) is 0. The second-order valence-electron chi connectivity index (χ2n) is 8.86. The van der Waals surface area contributed by atoms with Gasteiger partial charge in [0.15, 0.2) is 0 Å². The van der Waals surface area contributed by atoms with Gasteiger partial charge in [0.2, 0.25) is 0 Å². The van der Waals surface area contributed by atoms with Crippen molar-refractivity contribution in [2.45, 2.75) is 0 Å². The van der Waals surface area contributed by atoms with Crippen LogP contribution in [0.4, 0.5) is 0 Å². The first-order valence-corrected chi connectivity index (χ1v) is 10.6. The van der Waals surface area contributed by atoms with E-state index in [0.717, 1.165) is 0 Å². The Morgan fingerprint density at radius 2 is 0.700 bits per heavy atom. The molecule has 0 aromatic heterocycles. The Bertz CT molecular complexity index is 1890. The second kappa shape index (κ2) is 4.32. The predicted octanol–water partition coefficient (Wildman–Crippen LogP) is 8.61. The van der Waals surface area contributed by atoms with Gasteiger partial charge < -0.3 is 0 Å². The first kappa shape index (κ1) is 14.1. The Morgan fingerprint density at radius 3 is 1.20 bits per heavy atom. The second-order valence-corrected chi connectivity index (χ2v) is 8.86. The van der Waals surface area contributed by atoms with Crippen molar-refractivity contribution in [2.24, 2.45) is 0 Å². The van der Waals surface area contributed by atoms with Gasteiger partial charge in [-0.15, -0.1) is 0 Å². The molecule has 0 fully saturated rings. The van der Waals surface area contributed by atoms with E-state index in [9.17, 15) is 0 Å². The predicted molar refractivity (Wildman–Crippen MR) is 130 cm³/mol. The Balaban J connectivity index is 1.86. The Labute approximate surface area is 171 Å². The van der Waals surface area contributed by atoms with Gasteiger partial charge in [-0.1, -0.05) is 84.9 Å². The van der Waals surface area contributed by atoms with E-state index in [1.54, 1.807) is 0 Å². The van der Waals surface area contributed by atoms with E-state index in [0.29, 0.717) is 0 Å². The summed E-state index contributed by atoms with van der Waals surface area (Å²) in [5, 5.41) is 19.7. The highest BCUT2D eigenvalue weighted by atomic mass is 14.3. The van der Waals surface area contributed by atoms with Gasteiger partial charge in [-0.25, -0.2) is 0 Å². The smallest absolute Gasteiger partial charge is 0.0000929 e. The van der Waals surface area contributed by atoms with Crippen molar-refractivity contribution in [3.63, 3.8) is 0 Å². The number of fused-ring (bicyclic) bond motifs is 3. The lowest BCUT2D eigenvalue weighted by molar-refractivity contribution is 1.79. The van der Waals surface area contributed by atoms with Crippen LogP contribution in [0, 0.1) is 0 Å². The maximum atomic E-state index is 2.35. The average Bonchev–Trinajstić information content (AvgIpc) is 3.14. The molecule has 0 radical (unpaired) electrons. The van der Waals surface area contributed by atoms with E-state index in [-0.39, 0.29) is 0 Å². The van der Waals surface area contributed by atoms with E-state index in [2.05, 4.69) is 84.9 Å². The van der Waals surface area contributed by atoms with E-state index in [1.807, 2.05) is 0 Å². The van der Waals surface area contributed by atoms with Crippen molar-refractivity contribution in [1.82, 2.24) is 0 Å². The maximum Gasteiger partial charge on any atom is -0.0000929 e. The van der Waals surface area contributed by atoms with Crippen molar-refractivity contribution in [1.29, 1.82) is 0 Å². The molecule has 1 aliphatic rings. The summed E-state index contributed by atoms with van der Waals surface area (Å²) in [7, 11) is 0. The van der Waals surface area contributed by atoms with Crippen molar-refractivity contribution < 1.29 is 0 Å². The van der Waals surface area contributed by atoms with Gasteiger partial charge in [-0.3, -0.25) is 0 Å². The molecule has 0 atom stereocenters. The molecule has 0 spiro atoms. The molecule has 30 heavy (non-hydrogen) atoms. The maximum absolute atomic E-state index is 2.35. The third kappa shape index (κ3) is 1.28. The lowest BCUT2D eigenvalue weighted by Gasteiger charge is -2.17. The third-order valence-corrected chi connectivity index (χ3v) is 7.63. The molecule has 8 aromatic rings. The highest BCUT2D eigenvalue weighted by Gasteiger charge is 2.27. The number of rotatable bonds is 0.